The highest BCUT2D eigenvalue weighted by Crippen LogP contribution is 2.26. The van der Waals surface area contributed by atoms with Gasteiger partial charge in [-0.1, -0.05) is 12.8 Å². The number of nitrogens with zero attached hydrogens (tertiary/aromatic N) is 2. The Morgan fingerprint density at radius 1 is 1.40 bits per heavy atom. The minimum atomic E-state index is 0.772. The number of aryl methyl sites for hydroxylation is 1. The van der Waals surface area contributed by atoms with Crippen molar-refractivity contribution in [3.63, 3.8) is 0 Å². The third-order valence-corrected chi connectivity index (χ3v) is 3.35. The summed E-state index contributed by atoms with van der Waals surface area (Å²) in [6.07, 6.45) is 9.64. The Hall–Kier alpha value is -0.830. The van der Waals surface area contributed by atoms with Crippen LogP contribution >= 0.6 is 0 Å². The fourth-order valence-corrected chi connectivity index (χ4v) is 2.46. The molecule has 84 valence electrons. The first kappa shape index (κ1) is 10.7. The molecule has 0 saturated heterocycles. The molecule has 0 atom stereocenters. The molecule has 1 saturated carbocycles. The zero-order chi connectivity index (χ0) is 10.5. The Kier molecular flexibility index (Phi) is 3.78. The zero-order valence-electron chi connectivity index (χ0n) is 9.36. The van der Waals surface area contributed by atoms with Gasteiger partial charge in [0.1, 0.15) is 0 Å². The molecule has 0 bridgehead atoms. The van der Waals surface area contributed by atoms with Gasteiger partial charge in [-0.2, -0.15) is 5.10 Å². The van der Waals surface area contributed by atoms with Crippen LogP contribution in [-0.2, 0) is 13.0 Å². The lowest BCUT2D eigenvalue weighted by atomic mass is 10.1. The number of nitrogens with two attached hydrogens (primary N) is 1. The van der Waals surface area contributed by atoms with E-state index in [1.165, 1.54) is 31.4 Å². The molecule has 1 heterocycles. The van der Waals surface area contributed by atoms with Crippen LogP contribution in [0.15, 0.2) is 12.3 Å². The third kappa shape index (κ3) is 2.81. The molecular formula is C12H21N3. The molecular weight excluding hydrogens is 186 g/mol. The van der Waals surface area contributed by atoms with E-state index in [2.05, 4.69) is 15.8 Å². The molecule has 1 aliphatic rings. The van der Waals surface area contributed by atoms with Crippen LogP contribution in [0.5, 0.6) is 0 Å². The second-order valence-electron chi connectivity index (χ2n) is 4.55. The van der Waals surface area contributed by atoms with Crippen molar-refractivity contribution in [2.75, 3.05) is 6.54 Å². The van der Waals surface area contributed by atoms with Crippen LogP contribution in [0.1, 0.15) is 37.8 Å². The van der Waals surface area contributed by atoms with Gasteiger partial charge in [-0.05, 0) is 44.2 Å². The average molecular weight is 207 g/mol. The monoisotopic (exact) mass is 207 g/mol. The summed E-state index contributed by atoms with van der Waals surface area (Å²) in [4.78, 5) is 0. The largest absolute Gasteiger partial charge is 0.330 e. The second kappa shape index (κ2) is 5.31. The highest BCUT2D eigenvalue weighted by molar-refractivity contribution is 5.01. The van der Waals surface area contributed by atoms with Crippen LogP contribution in [0.4, 0.5) is 0 Å². The van der Waals surface area contributed by atoms with Crippen molar-refractivity contribution in [1.82, 2.24) is 9.78 Å². The van der Waals surface area contributed by atoms with Crippen LogP contribution in [0, 0.1) is 5.92 Å². The zero-order valence-corrected chi connectivity index (χ0v) is 9.36. The van der Waals surface area contributed by atoms with Crippen LogP contribution in [0.2, 0.25) is 0 Å². The van der Waals surface area contributed by atoms with Gasteiger partial charge >= 0.3 is 0 Å². The standard InChI is InChI=1S/C12H21N3/c13-8-3-6-12-7-9-14-15(12)10-11-4-1-2-5-11/h7,9,11H,1-6,8,10,13H2. The van der Waals surface area contributed by atoms with Gasteiger partial charge in [0.2, 0.25) is 0 Å². The second-order valence-corrected chi connectivity index (χ2v) is 4.55. The molecule has 0 unspecified atom stereocenters. The topological polar surface area (TPSA) is 43.8 Å². The van der Waals surface area contributed by atoms with E-state index in [4.69, 9.17) is 5.73 Å². The Morgan fingerprint density at radius 3 is 2.93 bits per heavy atom. The smallest absolute Gasteiger partial charge is 0.0492 e. The maximum Gasteiger partial charge on any atom is 0.0492 e. The van der Waals surface area contributed by atoms with Gasteiger partial charge in [-0.3, -0.25) is 4.68 Å². The summed E-state index contributed by atoms with van der Waals surface area (Å²) < 4.78 is 2.19. The lowest BCUT2D eigenvalue weighted by Crippen LogP contribution is -2.12. The fraction of sp³-hybridized carbons (Fsp3) is 0.750. The summed E-state index contributed by atoms with van der Waals surface area (Å²) in [6.45, 7) is 1.89. The molecule has 0 amide bonds. The lowest BCUT2D eigenvalue weighted by Gasteiger charge is -2.12. The van der Waals surface area contributed by atoms with Crippen LogP contribution in [-0.4, -0.2) is 16.3 Å². The Bertz CT molecular complexity index is 287. The summed E-state index contributed by atoms with van der Waals surface area (Å²) in [5.41, 5.74) is 6.88. The Morgan fingerprint density at radius 2 is 2.20 bits per heavy atom. The van der Waals surface area contributed by atoms with Crippen LogP contribution < -0.4 is 5.73 Å². The number of hydrogen-bond acceptors (Lipinski definition) is 2. The van der Waals surface area contributed by atoms with Crippen molar-refractivity contribution in [3.05, 3.63) is 18.0 Å². The van der Waals surface area contributed by atoms with Crippen molar-refractivity contribution in [2.45, 2.75) is 45.1 Å². The quantitative estimate of drug-likeness (QED) is 0.802. The molecule has 2 rings (SSSR count). The summed E-state index contributed by atoms with van der Waals surface area (Å²) in [7, 11) is 0. The molecule has 1 aromatic rings. The van der Waals surface area contributed by atoms with Crippen molar-refractivity contribution in [2.24, 2.45) is 11.7 Å². The fourth-order valence-electron chi connectivity index (χ4n) is 2.46. The highest BCUT2D eigenvalue weighted by Gasteiger charge is 2.16. The maximum atomic E-state index is 5.53. The first-order valence-corrected chi connectivity index (χ1v) is 6.11. The highest BCUT2D eigenvalue weighted by atomic mass is 15.3. The lowest BCUT2D eigenvalue weighted by molar-refractivity contribution is 0.418. The molecule has 3 nitrogen and oxygen atoms in total. The summed E-state index contributed by atoms with van der Waals surface area (Å²) in [5, 5.41) is 4.41. The van der Waals surface area contributed by atoms with Gasteiger partial charge < -0.3 is 5.73 Å². The van der Waals surface area contributed by atoms with Crippen molar-refractivity contribution < 1.29 is 0 Å². The molecule has 3 heteroatoms. The van der Waals surface area contributed by atoms with Crippen molar-refractivity contribution >= 4 is 0 Å². The number of aromatic nitrogens is 2. The molecule has 2 N–H and O–H groups in total. The first-order chi connectivity index (χ1) is 7.40. The maximum absolute atomic E-state index is 5.53. The SMILES string of the molecule is NCCCc1ccnn1CC1CCCC1. The Labute approximate surface area is 91.7 Å². The van der Waals surface area contributed by atoms with Gasteiger partial charge in [0, 0.05) is 18.4 Å². The minimum Gasteiger partial charge on any atom is -0.330 e. The summed E-state index contributed by atoms with van der Waals surface area (Å²) >= 11 is 0. The summed E-state index contributed by atoms with van der Waals surface area (Å²) in [6, 6.07) is 2.13. The minimum absolute atomic E-state index is 0.772. The van der Waals surface area contributed by atoms with E-state index in [9.17, 15) is 0 Å². The molecule has 1 aliphatic carbocycles. The van der Waals surface area contributed by atoms with Gasteiger partial charge in [-0.25, -0.2) is 0 Å². The van der Waals surface area contributed by atoms with E-state index >= 15 is 0 Å². The van der Waals surface area contributed by atoms with Crippen molar-refractivity contribution in [1.29, 1.82) is 0 Å². The molecule has 0 aliphatic heterocycles. The predicted octanol–water partition coefficient (Wildman–Crippen LogP) is 1.96. The van der Waals surface area contributed by atoms with E-state index in [0.29, 0.717) is 0 Å². The van der Waals surface area contributed by atoms with E-state index in [0.717, 1.165) is 31.8 Å². The number of hydrogen-bond donors (Lipinski definition) is 1. The molecule has 15 heavy (non-hydrogen) atoms. The molecule has 1 aromatic heterocycles. The van der Waals surface area contributed by atoms with Gasteiger partial charge in [0.15, 0.2) is 0 Å². The molecule has 0 spiro atoms. The van der Waals surface area contributed by atoms with Crippen LogP contribution in [0.25, 0.3) is 0 Å². The normalized spacial score (nSPS) is 17.4. The average Bonchev–Trinajstić information content (AvgIpc) is 2.87. The Balaban J connectivity index is 1.91. The molecule has 0 radical (unpaired) electrons. The van der Waals surface area contributed by atoms with Gasteiger partial charge in [0.05, 0.1) is 0 Å². The van der Waals surface area contributed by atoms with E-state index < -0.39 is 0 Å². The molecule has 1 fully saturated rings. The van der Waals surface area contributed by atoms with E-state index in [-0.39, 0.29) is 0 Å². The first-order valence-electron chi connectivity index (χ1n) is 6.11. The van der Waals surface area contributed by atoms with Crippen LogP contribution in [0.3, 0.4) is 0 Å². The predicted molar refractivity (Wildman–Crippen MR) is 61.6 cm³/mol. The summed E-state index contributed by atoms with van der Waals surface area (Å²) in [5.74, 6) is 0.863. The molecule has 0 aromatic carbocycles. The third-order valence-electron chi connectivity index (χ3n) is 3.35. The van der Waals surface area contributed by atoms with Gasteiger partial charge in [-0.15, -0.1) is 0 Å². The van der Waals surface area contributed by atoms with Crippen molar-refractivity contribution in [3.8, 4) is 0 Å². The number of rotatable bonds is 5. The van der Waals surface area contributed by atoms with E-state index in [1.807, 2.05) is 6.20 Å². The van der Waals surface area contributed by atoms with E-state index in [1.54, 1.807) is 0 Å². The van der Waals surface area contributed by atoms with Gasteiger partial charge in [0.25, 0.3) is 0 Å².